The fourth-order valence-electron chi connectivity index (χ4n) is 3.07. The van der Waals surface area contributed by atoms with Gasteiger partial charge in [0.15, 0.2) is 11.5 Å². The van der Waals surface area contributed by atoms with Gasteiger partial charge in [0, 0.05) is 18.7 Å². The van der Waals surface area contributed by atoms with Crippen LogP contribution in [0.25, 0.3) is 22.1 Å². The van der Waals surface area contributed by atoms with Crippen LogP contribution in [0.2, 0.25) is 0 Å². The van der Waals surface area contributed by atoms with Crippen LogP contribution in [0, 0.1) is 10.4 Å². The number of rotatable bonds is 12. The summed E-state index contributed by atoms with van der Waals surface area (Å²) in [5.74, 6) is 0.644. The molecule has 0 fully saturated rings. The lowest BCUT2D eigenvalue weighted by Gasteiger charge is -2.12. The van der Waals surface area contributed by atoms with Gasteiger partial charge in [0.1, 0.15) is 6.61 Å². The van der Waals surface area contributed by atoms with Crippen LogP contribution in [-0.2, 0) is 14.2 Å². The highest BCUT2D eigenvalue weighted by molar-refractivity contribution is 5.83. The maximum atomic E-state index is 13.0. The van der Waals surface area contributed by atoms with Gasteiger partial charge in [0.25, 0.3) is 11.0 Å². The van der Waals surface area contributed by atoms with Gasteiger partial charge in [0.05, 0.1) is 40.1 Å². The van der Waals surface area contributed by atoms with Gasteiger partial charge < -0.3 is 34.1 Å². The maximum absolute atomic E-state index is 13.0. The first-order valence-corrected chi connectivity index (χ1v) is 9.79. The van der Waals surface area contributed by atoms with Crippen LogP contribution in [0.4, 0.5) is 0 Å². The molecule has 0 aliphatic rings. The van der Waals surface area contributed by atoms with Gasteiger partial charge in [-0.2, -0.15) is 9.46 Å². The second-order valence-electron chi connectivity index (χ2n) is 6.31. The molecule has 9 nitrogen and oxygen atoms in total. The summed E-state index contributed by atoms with van der Waals surface area (Å²) in [4.78, 5) is 0. The molecule has 1 heterocycles. The number of fused-ring (bicyclic) bond motifs is 2. The summed E-state index contributed by atoms with van der Waals surface area (Å²) >= 11 is 0. The molecule has 0 unspecified atom stereocenters. The van der Waals surface area contributed by atoms with Crippen LogP contribution < -0.4 is 18.9 Å². The smallest absolute Gasteiger partial charge is 0.332 e. The predicted molar refractivity (Wildman–Crippen MR) is 110 cm³/mol. The Balaban J connectivity index is 1.66. The van der Waals surface area contributed by atoms with E-state index in [9.17, 15) is 10.4 Å². The number of methoxy groups -OCH3 is 1. The van der Waals surface area contributed by atoms with Crippen molar-refractivity contribution in [3.8, 4) is 11.5 Å². The molecule has 30 heavy (non-hydrogen) atoms. The largest absolute Gasteiger partial charge is 0.617 e. The molecule has 0 amide bonds. The summed E-state index contributed by atoms with van der Waals surface area (Å²) in [5, 5.41) is 25.9. The van der Waals surface area contributed by atoms with Crippen LogP contribution in [0.5, 0.6) is 11.5 Å². The summed E-state index contributed by atoms with van der Waals surface area (Å²) < 4.78 is 28.4. The zero-order valence-electron chi connectivity index (χ0n) is 17.2. The molecule has 3 aromatic rings. The Morgan fingerprint density at radius 1 is 0.700 bits per heavy atom. The first-order chi connectivity index (χ1) is 14.7. The van der Waals surface area contributed by atoms with Gasteiger partial charge in [0.2, 0.25) is 0 Å². The van der Waals surface area contributed by atoms with Crippen molar-refractivity contribution >= 4 is 22.1 Å². The van der Waals surface area contributed by atoms with E-state index in [1.807, 2.05) is 6.92 Å². The highest BCUT2D eigenvalue weighted by atomic mass is 16.6. The standard InChI is InChI=1S/C21H26N2O7/c1-3-27-10-11-28-12-13-29-14-15-30-19-9-5-7-17-21(19)23(25)16-6-4-8-18(26-2)20(16)22(17)24/h4-9H,3,10-15H2,1-2H3. The second kappa shape index (κ2) is 10.8. The molecule has 0 atom stereocenters. The van der Waals surface area contributed by atoms with Gasteiger partial charge >= 0.3 is 11.0 Å². The van der Waals surface area contributed by atoms with E-state index in [0.717, 1.165) is 0 Å². The van der Waals surface area contributed by atoms with Crippen LogP contribution in [0.15, 0.2) is 36.4 Å². The predicted octanol–water partition coefficient (Wildman–Crippen LogP) is 1.72. The van der Waals surface area contributed by atoms with E-state index >= 15 is 0 Å². The van der Waals surface area contributed by atoms with Crippen LogP contribution in [0.1, 0.15) is 6.92 Å². The average molecular weight is 418 g/mol. The summed E-state index contributed by atoms with van der Waals surface area (Å²) in [7, 11) is 1.46. The minimum Gasteiger partial charge on any atom is -0.617 e. The molecular weight excluding hydrogens is 392 g/mol. The highest BCUT2D eigenvalue weighted by Crippen LogP contribution is 2.26. The molecular formula is C21H26N2O7. The number of hydrogen-bond acceptors (Lipinski definition) is 7. The first-order valence-electron chi connectivity index (χ1n) is 9.79. The number of para-hydroxylation sites is 2. The molecule has 0 bridgehead atoms. The lowest BCUT2D eigenvalue weighted by Crippen LogP contribution is -2.39. The Morgan fingerprint density at radius 2 is 1.20 bits per heavy atom. The Labute approximate surface area is 174 Å². The van der Waals surface area contributed by atoms with Gasteiger partial charge in [-0.25, -0.2) is 0 Å². The molecule has 9 heteroatoms. The van der Waals surface area contributed by atoms with Crippen molar-refractivity contribution in [1.29, 1.82) is 0 Å². The van der Waals surface area contributed by atoms with Crippen molar-refractivity contribution in [2.24, 2.45) is 0 Å². The highest BCUT2D eigenvalue weighted by Gasteiger charge is 2.27. The fraction of sp³-hybridized carbons (Fsp3) is 0.429. The second-order valence-corrected chi connectivity index (χ2v) is 6.31. The Hall–Kier alpha value is -2.88. The van der Waals surface area contributed by atoms with Gasteiger partial charge in [-0.15, -0.1) is 0 Å². The number of hydrogen-bond donors (Lipinski definition) is 0. The fourth-order valence-corrected chi connectivity index (χ4v) is 3.07. The number of aromatic nitrogens is 2. The van der Waals surface area contributed by atoms with Crippen molar-refractivity contribution < 1.29 is 33.1 Å². The monoisotopic (exact) mass is 418 g/mol. The normalized spacial score (nSPS) is 11.3. The molecule has 0 saturated carbocycles. The first kappa shape index (κ1) is 21.8. The van der Waals surface area contributed by atoms with Crippen molar-refractivity contribution in [2.75, 3.05) is 53.4 Å². The molecule has 162 valence electrons. The molecule has 0 N–H and O–H groups in total. The van der Waals surface area contributed by atoms with Gasteiger partial charge in [-0.3, -0.25) is 0 Å². The molecule has 0 saturated heterocycles. The topological polar surface area (TPSA) is 100 Å². The number of nitrogens with zero attached hydrogens (tertiary/aromatic N) is 2. The quantitative estimate of drug-likeness (QED) is 0.191. The van der Waals surface area contributed by atoms with Gasteiger partial charge in [-0.1, -0.05) is 12.1 Å². The van der Waals surface area contributed by atoms with Crippen LogP contribution in [0.3, 0.4) is 0 Å². The van der Waals surface area contributed by atoms with E-state index in [1.165, 1.54) is 7.11 Å². The van der Waals surface area contributed by atoms with Crippen molar-refractivity contribution in [3.05, 3.63) is 46.8 Å². The van der Waals surface area contributed by atoms with E-state index in [0.29, 0.717) is 60.6 Å². The molecule has 3 rings (SSSR count). The number of ether oxygens (including phenoxy) is 5. The zero-order valence-corrected chi connectivity index (χ0v) is 17.2. The molecule has 2 aromatic carbocycles. The van der Waals surface area contributed by atoms with Crippen molar-refractivity contribution in [1.82, 2.24) is 0 Å². The molecule has 0 aliphatic heterocycles. The Morgan fingerprint density at radius 3 is 1.77 bits per heavy atom. The van der Waals surface area contributed by atoms with Gasteiger partial charge in [-0.05, 0) is 19.1 Å². The average Bonchev–Trinajstić information content (AvgIpc) is 2.78. The molecule has 0 spiro atoms. The summed E-state index contributed by atoms with van der Waals surface area (Å²) in [5.41, 5.74) is 0.733. The molecule has 1 aromatic heterocycles. The molecule has 0 radical (unpaired) electrons. The van der Waals surface area contributed by atoms with E-state index in [1.54, 1.807) is 36.4 Å². The minimum atomic E-state index is 0.160. The maximum Gasteiger partial charge on any atom is 0.332 e. The number of benzene rings is 2. The zero-order chi connectivity index (χ0) is 21.3. The third-order valence-corrected chi connectivity index (χ3v) is 4.45. The lowest BCUT2D eigenvalue weighted by molar-refractivity contribution is -0.591. The Kier molecular flexibility index (Phi) is 7.83. The van der Waals surface area contributed by atoms with E-state index < -0.39 is 0 Å². The van der Waals surface area contributed by atoms with Crippen molar-refractivity contribution in [3.63, 3.8) is 0 Å². The summed E-state index contributed by atoms with van der Waals surface area (Å²) in [6, 6.07) is 9.77. The van der Waals surface area contributed by atoms with E-state index in [4.69, 9.17) is 23.7 Å². The summed E-state index contributed by atoms with van der Waals surface area (Å²) in [6.45, 7) is 5.14. The third-order valence-electron chi connectivity index (χ3n) is 4.45. The molecule has 0 aliphatic carbocycles. The van der Waals surface area contributed by atoms with E-state index in [-0.39, 0.29) is 28.7 Å². The van der Waals surface area contributed by atoms with E-state index in [2.05, 4.69) is 0 Å². The Bertz CT molecular complexity index is 981. The van der Waals surface area contributed by atoms with Crippen LogP contribution >= 0.6 is 0 Å². The van der Waals surface area contributed by atoms with Crippen LogP contribution in [-0.4, -0.2) is 53.4 Å². The minimum absolute atomic E-state index is 0.160. The van der Waals surface area contributed by atoms with Crippen molar-refractivity contribution in [2.45, 2.75) is 6.92 Å². The lowest BCUT2D eigenvalue weighted by atomic mass is 10.2. The third kappa shape index (κ3) is 4.81. The SMILES string of the molecule is CCOCCOCCOCCOc1cccc2c1[n+]([O-])c1cccc(OC)c1[n+]2[O-]. The summed E-state index contributed by atoms with van der Waals surface area (Å²) in [6.07, 6.45) is 0.